The average molecular weight is 529 g/mol. The molecule has 0 radical (unpaired) electrons. The van der Waals surface area contributed by atoms with E-state index in [0.717, 1.165) is 62.9 Å². The monoisotopic (exact) mass is 528 g/mol. The van der Waals surface area contributed by atoms with Crippen molar-refractivity contribution in [3.05, 3.63) is 73.4 Å². The Morgan fingerprint density at radius 1 is 0.850 bits per heavy atom. The maximum atomic E-state index is 12.7. The Morgan fingerprint density at radius 2 is 1.73 bits per heavy atom. The second-order valence-electron chi connectivity index (χ2n) is 10.4. The van der Waals surface area contributed by atoms with E-state index >= 15 is 0 Å². The molecule has 1 fully saturated rings. The van der Waals surface area contributed by atoms with Gasteiger partial charge >= 0.3 is 0 Å². The zero-order valence-corrected chi connectivity index (χ0v) is 21.9. The molecule has 9 nitrogen and oxygen atoms in total. The third-order valence-corrected chi connectivity index (χ3v) is 7.70. The zero-order chi connectivity index (χ0) is 26.9. The summed E-state index contributed by atoms with van der Waals surface area (Å²) in [6, 6.07) is 13.8. The van der Waals surface area contributed by atoms with Gasteiger partial charge in [0.1, 0.15) is 11.2 Å². The molecule has 0 aliphatic heterocycles. The number of nitrogens with zero attached hydrogens (tertiary/aromatic N) is 5. The van der Waals surface area contributed by atoms with E-state index in [1.807, 2.05) is 42.6 Å². The third-order valence-electron chi connectivity index (χ3n) is 7.70. The summed E-state index contributed by atoms with van der Waals surface area (Å²) in [6.07, 6.45) is 15.4. The first kappa shape index (κ1) is 24.1. The van der Waals surface area contributed by atoms with Gasteiger partial charge in [-0.2, -0.15) is 5.10 Å². The van der Waals surface area contributed by atoms with Crippen LogP contribution >= 0.6 is 0 Å². The van der Waals surface area contributed by atoms with E-state index in [9.17, 15) is 4.79 Å². The van der Waals surface area contributed by atoms with Crippen molar-refractivity contribution >= 4 is 33.5 Å². The lowest BCUT2D eigenvalue weighted by Crippen LogP contribution is -2.18. The van der Waals surface area contributed by atoms with Crippen LogP contribution in [0.25, 0.3) is 55.8 Å². The van der Waals surface area contributed by atoms with Gasteiger partial charge in [-0.25, -0.2) is 4.98 Å². The van der Waals surface area contributed by atoms with Crippen LogP contribution in [0.15, 0.2) is 73.4 Å². The fourth-order valence-electron chi connectivity index (χ4n) is 5.67. The predicted octanol–water partition coefficient (Wildman–Crippen LogP) is 6.53. The molecular formula is C31H28N8O. The van der Waals surface area contributed by atoms with Gasteiger partial charge in [0, 0.05) is 47.7 Å². The fraction of sp³-hybridized carbons (Fsp3) is 0.226. The lowest BCUT2D eigenvalue weighted by Gasteiger charge is -2.20. The first-order chi connectivity index (χ1) is 19.7. The number of rotatable bonds is 6. The predicted molar refractivity (Wildman–Crippen MR) is 155 cm³/mol. The summed E-state index contributed by atoms with van der Waals surface area (Å²) in [5.74, 6) is 1.20. The van der Waals surface area contributed by atoms with Gasteiger partial charge < -0.3 is 10.3 Å². The summed E-state index contributed by atoms with van der Waals surface area (Å²) >= 11 is 0. The van der Waals surface area contributed by atoms with Gasteiger partial charge in [-0.1, -0.05) is 25.3 Å². The van der Waals surface area contributed by atoms with Gasteiger partial charge in [0.05, 0.1) is 28.6 Å². The molecule has 198 valence electrons. The third kappa shape index (κ3) is 4.70. The minimum absolute atomic E-state index is 0.0592. The molecule has 1 aromatic carbocycles. The number of benzene rings is 1. The molecule has 5 heterocycles. The Kier molecular flexibility index (Phi) is 6.24. The summed E-state index contributed by atoms with van der Waals surface area (Å²) in [6.45, 7) is 0. The molecule has 1 aliphatic rings. The number of aromatic nitrogens is 7. The van der Waals surface area contributed by atoms with Crippen LogP contribution in [0.4, 0.5) is 5.69 Å². The van der Waals surface area contributed by atoms with Crippen molar-refractivity contribution < 1.29 is 4.79 Å². The molecule has 5 aromatic heterocycles. The van der Waals surface area contributed by atoms with Gasteiger partial charge in [-0.05, 0) is 60.7 Å². The average Bonchev–Trinajstić information content (AvgIpc) is 3.62. The van der Waals surface area contributed by atoms with Crippen molar-refractivity contribution in [2.24, 2.45) is 5.92 Å². The number of anilines is 1. The lowest BCUT2D eigenvalue weighted by molar-refractivity contribution is -0.117. The van der Waals surface area contributed by atoms with Crippen LogP contribution in [-0.2, 0) is 4.79 Å². The summed E-state index contributed by atoms with van der Waals surface area (Å²) in [4.78, 5) is 34.1. The molecule has 0 saturated heterocycles. The van der Waals surface area contributed by atoms with E-state index in [-0.39, 0.29) is 5.91 Å². The van der Waals surface area contributed by atoms with Crippen LogP contribution in [0.2, 0.25) is 0 Å². The minimum Gasteiger partial charge on any atom is -0.336 e. The number of carbonyl (C=O) groups excluding carboxylic acids is 1. The van der Waals surface area contributed by atoms with Gasteiger partial charge in [-0.15, -0.1) is 0 Å². The van der Waals surface area contributed by atoms with Crippen LogP contribution in [0.5, 0.6) is 0 Å². The molecule has 1 amide bonds. The quantitative estimate of drug-likeness (QED) is 0.226. The number of pyridine rings is 3. The van der Waals surface area contributed by atoms with Gasteiger partial charge in [0.25, 0.3) is 0 Å². The minimum atomic E-state index is 0.0592. The van der Waals surface area contributed by atoms with Crippen molar-refractivity contribution in [3.63, 3.8) is 0 Å². The zero-order valence-electron chi connectivity index (χ0n) is 21.9. The van der Waals surface area contributed by atoms with Crippen LogP contribution in [-0.4, -0.2) is 41.0 Å². The number of hydrogen-bond acceptors (Lipinski definition) is 6. The lowest BCUT2D eigenvalue weighted by atomic mass is 9.87. The molecule has 9 heteroatoms. The van der Waals surface area contributed by atoms with Crippen LogP contribution in [0.1, 0.15) is 38.5 Å². The van der Waals surface area contributed by atoms with Crippen LogP contribution < -0.4 is 5.32 Å². The number of carbonyl (C=O) groups is 1. The normalized spacial score (nSPS) is 14.1. The summed E-state index contributed by atoms with van der Waals surface area (Å²) < 4.78 is 0. The Bertz CT molecular complexity index is 1820. The van der Waals surface area contributed by atoms with Crippen molar-refractivity contribution in [2.75, 3.05) is 5.32 Å². The molecule has 3 N–H and O–H groups in total. The summed E-state index contributed by atoms with van der Waals surface area (Å²) in [5.41, 5.74) is 7.61. The van der Waals surface area contributed by atoms with Crippen molar-refractivity contribution in [3.8, 4) is 33.9 Å². The first-order valence-corrected chi connectivity index (χ1v) is 13.7. The number of imidazole rings is 1. The molecule has 0 bridgehead atoms. The van der Waals surface area contributed by atoms with E-state index in [1.54, 1.807) is 24.8 Å². The Hall–Kier alpha value is -4.92. The molecule has 0 unspecified atom stereocenters. The number of fused-ring (bicyclic) bond motifs is 2. The molecular weight excluding hydrogens is 500 g/mol. The molecule has 7 rings (SSSR count). The Balaban J connectivity index is 1.19. The highest BCUT2D eigenvalue weighted by Crippen LogP contribution is 2.33. The number of amides is 1. The molecule has 40 heavy (non-hydrogen) atoms. The number of nitrogens with one attached hydrogen (secondary N) is 3. The van der Waals surface area contributed by atoms with E-state index in [2.05, 4.69) is 41.5 Å². The first-order valence-electron chi connectivity index (χ1n) is 13.7. The van der Waals surface area contributed by atoms with E-state index in [4.69, 9.17) is 4.98 Å². The molecule has 0 atom stereocenters. The number of aromatic amines is 2. The molecule has 0 spiro atoms. The van der Waals surface area contributed by atoms with Gasteiger partial charge in [-0.3, -0.25) is 24.8 Å². The molecule has 1 aliphatic carbocycles. The highest BCUT2D eigenvalue weighted by Gasteiger charge is 2.18. The second-order valence-corrected chi connectivity index (χ2v) is 10.4. The highest BCUT2D eigenvalue weighted by atomic mass is 16.1. The Labute approximate surface area is 230 Å². The highest BCUT2D eigenvalue weighted by molar-refractivity contribution is 5.98. The van der Waals surface area contributed by atoms with Crippen molar-refractivity contribution in [2.45, 2.75) is 38.5 Å². The van der Waals surface area contributed by atoms with E-state index < -0.39 is 0 Å². The fourth-order valence-corrected chi connectivity index (χ4v) is 5.67. The van der Waals surface area contributed by atoms with E-state index in [1.165, 1.54) is 19.3 Å². The van der Waals surface area contributed by atoms with E-state index in [0.29, 0.717) is 23.9 Å². The number of H-pyrrole nitrogens is 2. The van der Waals surface area contributed by atoms with Crippen molar-refractivity contribution in [1.29, 1.82) is 0 Å². The summed E-state index contributed by atoms with van der Waals surface area (Å²) in [5, 5.41) is 11.7. The number of hydrogen-bond donors (Lipinski definition) is 3. The standard InChI is InChI=1S/C31H28N8O/c40-27(14-19-4-2-1-3-5-19)35-23-15-22(17-33-18-23)21-6-7-25-24(16-21)29(39-38-25)31-36-26-10-13-34-28(30(26)37-31)20-8-11-32-12-9-20/h6-13,15-19H,1-5,14H2,(H,35,40)(H,36,37)(H,38,39). The topological polar surface area (TPSA) is 125 Å². The maximum Gasteiger partial charge on any atom is 0.224 e. The smallest absolute Gasteiger partial charge is 0.224 e. The SMILES string of the molecule is O=C(CC1CCCCC1)Nc1cncc(-c2ccc3[nH]nc(-c4nc5c(-c6ccncc6)nccc5[nH]4)c3c2)c1. The maximum absolute atomic E-state index is 12.7. The van der Waals surface area contributed by atoms with Gasteiger partial charge in [0.15, 0.2) is 5.82 Å². The Morgan fingerprint density at radius 3 is 2.60 bits per heavy atom. The second kappa shape index (κ2) is 10.3. The van der Waals surface area contributed by atoms with Crippen molar-refractivity contribution in [1.82, 2.24) is 35.1 Å². The molecule has 6 aromatic rings. The van der Waals surface area contributed by atoms with Gasteiger partial charge in [0.2, 0.25) is 5.91 Å². The van der Waals surface area contributed by atoms with Crippen LogP contribution in [0, 0.1) is 5.92 Å². The largest absolute Gasteiger partial charge is 0.336 e. The molecule has 1 saturated carbocycles. The van der Waals surface area contributed by atoms with Crippen LogP contribution in [0.3, 0.4) is 0 Å². The summed E-state index contributed by atoms with van der Waals surface area (Å²) in [7, 11) is 0.